The van der Waals surface area contributed by atoms with Crippen LogP contribution in [0.5, 0.6) is 0 Å². The Labute approximate surface area is 107 Å². The monoisotopic (exact) mass is 249 g/mol. The lowest BCUT2D eigenvalue weighted by molar-refractivity contribution is 0.0524. The zero-order chi connectivity index (χ0) is 13.1. The average Bonchev–Trinajstić information content (AvgIpc) is 3.13. The first-order valence-corrected chi connectivity index (χ1v) is 6.39. The van der Waals surface area contributed by atoms with Gasteiger partial charge in [0.2, 0.25) is 5.95 Å². The van der Waals surface area contributed by atoms with Crippen LogP contribution < -0.4 is 5.32 Å². The molecule has 1 fully saturated rings. The largest absolute Gasteiger partial charge is 0.462 e. The highest BCUT2D eigenvalue weighted by Gasteiger charge is 2.28. The molecule has 0 bridgehead atoms. The van der Waals surface area contributed by atoms with E-state index in [9.17, 15) is 4.79 Å². The van der Waals surface area contributed by atoms with E-state index in [0.29, 0.717) is 29.9 Å². The molecular weight excluding hydrogens is 230 g/mol. The number of nitrogens with one attached hydrogen (secondary N) is 1. The molecule has 98 valence electrons. The summed E-state index contributed by atoms with van der Waals surface area (Å²) in [5.74, 6) is 0.954. The lowest BCUT2D eigenvalue weighted by Crippen LogP contribution is -2.20. The van der Waals surface area contributed by atoms with E-state index >= 15 is 0 Å². The van der Waals surface area contributed by atoms with Gasteiger partial charge in [0.15, 0.2) is 0 Å². The van der Waals surface area contributed by atoms with Gasteiger partial charge in [-0.15, -0.1) is 0 Å². The van der Waals surface area contributed by atoms with Gasteiger partial charge in [-0.05, 0) is 39.5 Å². The molecule has 1 aromatic heterocycles. The van der Waals surface area contributed by atoms with Crippen LogP contribution in [0, 0.1) is 12.8 Å². The standard InChI is InChI=1S/C13H19N3O2/c1-4-18-12(17)11-7-14-13(16-9(11)3)15-8(2)10-5-6-10/h7-8,10H,4-6H2,1-3H3,(H,14,15,16). The predicted molar refractivity (Wildman–Crippen MR) is 68.5 cm³/mol. The van der Waals surface area contributed by atoms with Crippen molar-refractivity contribution in [2.24, 2.45) is 5.92 Å². The fourth-order valence-corrected chi connectivity index (χ4v) is 1.86. The molecule has 1 atom stereocenters. The zero-order valence-corrected chi connectivity index (χ0v) is 11.1. The number of nitrogens with zero attached hydrogens (tertiary/aromatic N) is 2. The summed E-state index contributed by atoms with van der Waals surface area (Å²) in [5, 5.41) is 3.27. The third kappa shape index (κ3) is 2.97. The van der Waals surface area contributed by atoms with Crippen molar-refractivity contribution in [2.75, 3.05) is 11.9 Å². The molecule has 1 aliphatic rings. The summed E-state index contributed by atoms with van der Waals surface area (Å²) >= 11 is 0. The molecule has 1 heterocycles. The van der Waals surface area contributed by atoms with Gasteiger partial charge in [-0.25, -0.2) is 14.8 Å². The van der Waals surface area contributed by atoms with E-state index in [2.05, 4.69) is 22.2 Å². The van der Waals surface area contributed by atoms with E-state index in [0.717, 1.165) is 5.92 Å². The summed E-state index contributed by atoms with van der Waals surface area (Å²) in [7, 11) is 0. The summed E-state index contributed by atoms with van der Waals surface area (Å²) in [6.45, 7) is 6.06. The van der Waals surface area contributed by atoms with Gasteiger partial charge in [0.05, 0.1) is 17.9 Å². The molecule has 1 saturated carbocycles. The summed E-state index contributed by atoms with van der Waals surface area (Å²) in [6.07, 6.45) is 4.07. The lowest BCUT2D eigenvalue weighted by Gasteiger charge is -2.13. The summed E-state index contributed by atoms with van der Waals surface area (Å²) in [4.78, 5) is 20.1. The molecule has 1 unspecified atom stereocenters. The Balaban J connectivity index is 2.06. The van der Waals surface area contributed by atoms with Gasteiger partial charge in [0, 0.05) is 12.2 Å². The van der Waals surface area contributed by atoms with Gasteiger partial charge in [0.1, 0.15) is 0 Å². The first-order chi connectivity index (χ1) is 8.61. The van der Waals surface area contributed by atoms with Gasteiger partial charge in [-0.2, -0.15) is 0 Å². The molecule has 0 radical (unpaired) electrons. The number of aromatic nitrogens is 2. The Morgan fingerprint density at radius 1 is 1.61 bits per heavy atom. The normalized spacial score (nSPS) is 16.2. The van der Waals surface area contributed by atoms with E-state index in [1.165, 1.54) is 19.0 Å². The molecule has 0 aromatic carbocycles. The minimum absolute atomic E-state index is 0.358. The highest BCUT2D eigenvalue weighted by atomic mass is 16.5. The minimum Gasteiger partial charge on any atom is -0.462 e. The van der Waals surface area contributed by atoms with E-state index in [1.807, 2.05) is 0 Å². The molecule has 0 aliphatic heterocycles. The molecule has 5 heteroatoms. The van der Waals surface area contributed by atoms with E-state index in [-0.39, 0.29) is 5.97 Å². The van der Waals surface area contributed by atoms with E-state index < -0.39 is 0 Å². The number of carbonyl (C=O) groups is 1. The maximum absolute atomic E-state index is 11.6. The van der Waals surface area contributed by atoms with Gasteiger partial charge in [-0.3, -0.25) is 0 Å². The number of carbonyl (C=O) groups excluding carboxylic acids is 1. The number of hydrogen-bond donors (Lipinski definition) is 1. The van der Waals surface area contributed by atoms with Crippen LogP contribution in [0.2, 0.25) is 0 Å². The first-order valence-electron chi connectivity index (χ1n) is 6.39. The number of aryl methyl sites for hydroxylation is 1. The van der Waals surface area contributed by atoms with Gasteiger partial charge in [0.25, 0.3) is 0 Å². The highest BCUT2D eigenvalue weighted by molar-refractivity contribution is 5.90. The summed E-state index contributed by atoms with van der Waals surface area (Å²) in [6, 6.07) is 0.387. The Morgan fingerprint density at radius 2 is 2.33 bits per heavy atom. The van der Waals surface area contributed by atoms with Crippen LogP contribution >= 0.6 is 0 Å². The van der Waals surface area contributed by atoms with Crippen LogP contribution in [-0.4, -0.2) is 28.6 Å². The molecule has 0 amide bonds. The molecule has 5 nitrogen and oxygen atoms in total. The van der Waals surface area contributed by atoms with Crippen LogP contribution in [0.25, 0.3) is 0 Å². The van der Waals surface area contributed by atoms with Crippen molar-refractivity contribution >= 4 is 11.9 Å². The van der Waals surface area contributed by atoms with Crippen LogP contribution in [-0.2, 0) is 4.74 Å². The van der Waals surface area contributed by atoms with Gasteiger partial charge < -0.3 is 10.1 Å². The number of anilines is 1. The van der Waals surface area contributed by atoms with Crippen molar-refractivity contribution in [3.8, 4) is 0 Å². The molecule has 1 aliphatic carbocycles. The fraction of sp³-hybridized carbons (Fsp3) is 0.615. The molecular formula is C13H19N3O2. The Kier molecular flexibility index (Phi) is 3.79. The molecule has 1 N–H and O–H groups in total. The van der Waals surface area contributed by atoms with Gasteiger partial charge in [-0.1, -0.05) is 0 Å². The fourth-order valence-electron chi connectivity index (χ4n) is 1.86. The Bertz CT molecular complexity index is 444. The number of hydrogen-bond acceptors (Lipinski definition) is 5. The molecule has 1 aromatic rings. The zero-order valence-electron chi connectivity index (χ0n) is 11.1. The van der Waals surface area contributed by atoms with Crippen LogP contribution in [0.15, 0.2) is 6.20 Å². The molecule has 18 heavy (non-hydrogen) atoms. The second-order valence-corrected chi connectivity index (χ2v) is 4.68. The average molecular weight is 249 g/mol. The van der Waals surface area contributed by atoms with Crippen LogP contribution in [0.4, 0.5) is 5.95 Å². The van der Waals surface area contributed by atoms with Crippen molar-refractivity contribution in [2.45, 2.75) is 39.7 Å². The van der Waals surface area contributed by atoms with E-state index in [4.69, 9.17) is 4.74 Å². The third-order valence-corrected chi connectivity index (χ3v) is 3.16. The van der Waals surface area contributed by atoms with Crippen LogP contribution in [0.3, 0.4) is 0 Å². The van der Waals surface area contributed by atoms with Crippen molar-refractivity contribution < 1.29 is 9.53 Å². The van der Waals surface area contributed by atoms with Crippen molar-refractivity contribution in [3.05, 3.63) is 17.5 Å². The second kappa shape index (κ2) is 5.33. The quantitative estimate of drug-likeness (QED) is 0.810. The lowest BCUT2D eigenvalue weighted by atomic mass is 10.2. The molecule has 0 saturated heterocycles. The predicted octanol–water partition coefficient (Wildman–Crippen LogP) is 2.17. The van der Waals surface area contributed by atoms with Gasteiger partial charge >= 0.3 is 5.97 Å². The maximum Gasteiger partial charge on any atom is 0.341 e. The maximum atomic E-state index is 11.6. The molecule has 2 rings (SSSR count). The first kappa shape index (κ1) is 12.8. The topological polar surface area (TPSA) is 64.1 Å². The summed E-state index contributed by atoms with van der Waals surface area (Å²) < 4.78 is 4.94. The van der Waals surface area contributed by atoms with Crippen molar-refractivity contribution in [3.63, 3.8) is 0 Å². The third-order valence-electron chi connectivity index (χ3n) is 3.16. The van der Waals surface area contributed by atoms with E-state index in [1.54, 1.807) is 13.8 Å². The Morgan fingerprint density at radius 3 is 2.89 bits per heavy atom. The molecule has 0 spiro atoms. The number of rotatable bonds is 5. The number of ether oxygens (including phenoxy) is 1. The minimum atomic E-state index is -0.364. The number of esters is 1. The Hall–Kier alpha value is -1.65. The van der Waals surface area contributed by atoms with Crippen molar-refractivity contribution in [1.82, 2.24) is 9.97 Å². The highest BCUT2D eigenvalue weighted by Crippen LogP contribution is 2.33. The summed E-state index contributed by atoms with van der Waals surface area (Å²) in [5.41, 5.74) is 1.08. The second-order valence-electron chi connectivity index (χ2n) is 4.68. The SMILES string of the molecule is CCOC(=O)c1cnc(NC(C)C2CC2)nc1C. The van der Waals surface area contributed by atoms with Crippen LogP contribution in [0.1, 0.15) is 42.7 Å². The smallest absolute Gasteiger partial charge is 0.341 e. The van der Waals surface area contributed by atoms with Crippen molar-refractivity contribution in [1.29, 1.82) is 0 Å².